The summed E-state index contributed by atoms with van der Waals surface area (Å²) >= 11 is 1.30. The first kappa shape index (κ1) is 32.2. The molecule has 1 saturated heterocycles. The summed E-state index contributed by atoms with van der Waals surface area (Å²) in [5, 5.41) is 13.9. The SMILES string of the molecule is COc1ccc(F)c(-c2ccc3cc(-c4c(C5CCCCC5)c5sc(C(=O)O)cc5n4CC(=O)NCCN4CCOCC4)ccc3n2)c1. The van der Waals surface area contributed by atoms with Gasteiger partial charge in [-0.05, 0) is 72.4 Å². The number of carbonyl (C=O) groups is 2. The highest BCUT2D eigenvalue weighted by Gasteiger charge is 2.30. The van der Waals surface area contributed by atoms with Gasteiger partial charge >= 0.3 is 5.97 Å². The molecule has 48 heavy (non-hydrogen) atoms. The monoisotopic (exact) mass is 670 g/mol. The van der Waals surface area contributed by atoms with Crippen LogP contribution >= 0.6 is 11.3 Å². The first-order valence-corrected chi connectivity index (χ1v) is 17.4. The minimum Gasteiger partial charge on any atom is -0.497 e. The minimum absolute atomic E-state index is 0.0712. The molecule has 2 aliphatic rings. The van der Waals surface area contributed by atoms with Gasteiger partial charge in [-0.15, -0.1) is 11.3 Å². The van der Waals surface area contributed by atoms with Crippen LogP contribution in [0.15, 0.2) is 54.6 Å². The number of aromatic carboxylic acids is 1. The Hall–Kier alpha value is -4.32. The van der Waals surface area contributed by atoms with Crippen molar-refractivity contribution in [1.82, 2.24) is 19.8 Å². The van der Waals surface area contributed by atoms with Crippen molar-refractivity contribution in [2.75, 3.05) is 46.5 Å². The zero-order chi connectivity index (χ0) is 33.2. The third-order valence-electron chi connectivity index (χ3n) is 9.56. The maximum Gasteiger partial charge on any atom is 0.345 e. The molecule has 1 aliphatic heterocycles. The molecule has 2 aromatic carbocycles. The van der Waals surface area contributed by atoms with Gasteiger partial charge in [0.05, 0.1) is 47.4 Å². The van der Waals surface area contributed by atoms with Gasteiger partial charge in [0, 0.05) is 37.1 Å². The number of nitrogens with one attached hydrogen (secondary N) is 1. The topological polar surface area (TPSA) is 106 Å². The summed E-state index contributed by atoms with van der Waals surface area (Å²) in [6.45, 7) is 4.45. The van der Waals surface area contributed by atoms with E-state index in [1.807, 2.05) is 28.8 Å². The second-order valence-corrected chi connectivity index (χ2v) is 13.6. The molecule has 11 heteroatoms. The van der Waals surface area contributed by atoms with Crippen LogP contribution in [0, 0.1) is 5.82 Å². The van der Waals surface area contributed by atoms with Crippen molar-refractivity contribution < 1.29 is 28.6 Å². The molecule has 5 aromatic rings. The Morgan fingerprint density at radius 3 is 2.65 bits per heavy atom. The molecule has 9 nitrogen and oxygen atoms in total. The first-order chi connectivity index (χ1) is 23.4. The Bertz CT molecular complexity index is 1980. The number of aromatic nitrogens is 2. The van der Waals surface area contributed by atoms with E-state index in [2.05, 4.69) is 16.3 Å². The number of rotatable bonds is 10. The summed E-state index contributed by atoms with van der Waals surface area (Å²) in [6.07, 6.45) is 5.44. The summed E-state index contributed by atoms with van der Waals surface area (Å²) in [4.78, 5) is 33.0. The number of thiophene rings is 1. The number of fused-ring (bicyclic) bond motifs is 2. The quantitative estimate of drug-likeness (QED) is 0.166. The summed E-state index contributed by atoms with van der Waals surface area (Å²) < 4.78 is 28.5. The number of hydrogen-bond donors (Lipinski definition) is 2. The van der Waals surface area contributed by atoms with Crippen LogP contribution in [0.5, 0.6) is 5.75 Å². The molecular formula is C37H39FN4O5S. The van der Waals surface area contributed by atoms with Gasteiger partial charge in [0.25, 0.3) is 0 Å². The first-order valence-electron chi connectivity index (χ1n) is 16.6. The molecule has 3 aromatic heterocycles. The second kappa shape index (κ2) is 14.0. The predicted octanol–water partition coefficient (Wildman–Crippen LogP) is 6.93. The van der Waals surface area contributed by atoms with E-state index < -0.39 is 5.97 Å². The number of morpholine rings is 1. The van der Waals surface area contributed by atoms with Crippen molar-refractivity contribution in [1.29, 1.82) is 0 Å². The van der Waals surface area contributed by atoms with E-state index in [0.717, 1.165) is 77.7 Å². The van der Waals surface area contributed by atoms with Gasteiger partial charge in [-0.1, -0.05) is 31.4 Å². The van der Waals surface area contributed by atoms with Crippen molar-refractivity contribution in [3.63, 3.8) is 0 Å². The van der Waals surface area contributed by atoms with E-state index in [-0.39, 0.29) is 29.1 Å². The molecule has 0 spiro atoms. The lowest BCUT2D eigenvalue weighted by molar-refractivity contribution is -0.121. The minimum atomic E-state index is -0.964. The van der Waals surface area contributed by atoms with Crippen molar-refractivity contribution in [2.24, 2.45) is 0 Å². The summed E-state index contributed by atoms with van der Waals surface area (Å²) in [6, 6.07) is 16.1. The Kier molecular flexibility index (Phi) is 9.43. The molecule has 0 bridgehead atoms. The summed E-state index contributed by atoms with van der Waals surface area (Å²) in [5.74, 6) is -0.649. The van der Waals surface area contributed by atoms with Gasteiger partial charge in [0.2, 0.25) is 5.91 Å². The number of halogens is 1. The highest BCUT2D eigenvalue weighted by molar-refractivity contribution is 7.21. The number of carboxylic acid groups (broad SMARTS) is 1. The van der Waals surface area contributed by atoms with Gasteiger partial charge in [-0.25, -0.2) is 14.2 Å². The Balaban J connectivity index is 1.29. The largest absolute Gasteiger partial charge is 0.497 e. The lowest BCUT2D eigenvalue weighted by atomic mass is 9.83. The average molecular weight is 671 g/mol. The smallest absolute Gasteiger partial charge is 0.345 e. The number of nitrogens with zero attached hydrogens (tertiary/aromatic N) is 3. The fourth-order valence-electron chi connectivity index (χ4n) is 7.13. The van der Waals surface area contributed by atoms with Crippen LogP contribution < -0.4 is 10.1 Å². The average Bonchev–Trinajstić information content (AvgIpc) is 3.67. The fourth-order valence-corrected chi connectivity index (χ4v) is 8.25. The van der Waals surface area contributed by atoms with Gasteiger partial charge < -0.3 is 24.5 Å². The number of amides is 1. The van der Waals surface area contributed by atoms with Crippen molar-refractivity contribution in [2.45, 2.75) is 44.6 Å². The Morgan fingerprint density at radius 2 is 1.88 bits per heavy atom. The van der Waals surface area contributed by atoms with Gasteiger partial charge in [0.1, 0.15) is 23.0 Å². The normalized spacial score (nSPS) is 16.0. The van der Waals surface area contributed by atoms with Crippen LogP contribution in [0.25, 0.3) is 43.6 Å². The van der Waals surface area contributed by atoms with E-state index in [9.17, 15) is 19.1 Å². The third-order valence-corrected chi connectivity index (χ3v) is 10.7. The van der Waals surface area contributed by atoms with Crippen molar-refractivity contribution in [3.8, 4) is 28.3 Å². The molecule has 1 aliphatic carbocycles. The molecule has 1 saturated carbocycles. The van der Waals surface area contributed by atoms with Gasteiger partial charge in [-0.3, -0.25) is 9.69 Å². The lowest BCUT2D eigenvalue weighted by Crippen LogP contribution is -2.41. The molecular weight excluding hydrogens is 631 g/mol. The van der Waals surface area contributed by atoms with Crippen molar-refractivity contribution >= 4 is 44.3 Å². The standard InChI is InChI=1S/C37H39FN4O5S/c1-46-26-9-10-28(38)27(20-26)30-12-7-24-19-25(8-11-29(24)40-30)35-34(23-5-3-2-4-6-23)36-31(21-32(48-36)37(44)45)42(35)22-33(43)39-13-14-41-15-17-47-18-16-41/h7-12,19-21,23H,2-6,13-18,22H2,1H3,(H,39,43)(H,44,45). The number of carboxylic acids is 1. The molecule has 1 amide bonds. The van der Waals surface area contributed by atoms with E-state index in [1.54, 1.807) is 25.3 Å². The van der Waals surface area contributed by atoms with E-state index in [0.29, 0.717) is 42.3 Å². The van der Waals surface area contributed by atoms with Crippen LogP contribution in [0.3, 0.4) is 0 Å². The van der Waals surface area contributed by atoms with E-state index in [1.165, 1.54) is 23.8 Å². The van der Waals surface area contributed by atoms with E-state index >= 15 is 0 Å². The second-order valence-electron chi connectivity index (χ2n) is 12.6. The molecule has 0 unspecified atom stereocenters. The Labute approximate surface area is 282 Å². The van der Waals surface area contributed by atoms with E-state index in [4.69, 9.17) is 14.5 Å². The number of pyridine rings is 1. The number of hydrogen-bond acceptors (Lipinski definition) is 7. The molecule has 4 heterocycles. The zero-order valence-electron chi connectivity index (χ0n) is 27.0. The zero-order valence-corrected chi connectivity index (χ0v) is 27.8. The third kappa shape index (κ3) is 6.54. The Morgan fingerprint density at radius 1 is 1.06 bits per heavy atom. The van der Waals surface area contributed by atoms with Gasteiger partial charge in [0.15, 0.2) is 0 Å². The van der Waals surface area contributed by atoms with Gasteiger partial charge in [-0.2, -0.15) is 0 Å². The van der Waals surface area contributed by atoms with Crippen LogP contribution in [0.2, 0.25) is 0 Å². The van der Waals surface area contributed by atoms with Crippen LogP contribution in [0.1, 0.15) is 53.3 Å². The highest BCUT2D eigenvalue weighted by Crippen LogP contribution is 2.47. The maximum absolute atomic E-state index is 14.8. The highest BCUT2D eigenvalue weighted by atomic mass is 32.1. The molecule has 7 rings (SSSR count). The summed E-state index contributed by atoms with van der Waals surface area (Å²) in [5.41, 5.74) is 5.38. The van der Waals surface area contributed by atoms with Crippen LogP contribution in [0.4, 0.5) is 4.39 Å². The molecule has 2 N–H and O–H groups in total. The van der Waals surface area contributed by atoms with Crippen LogP contribution in [-0.2, 0) is 16.1 Å². The molecule has 0 radical (unpaired) electrons. The lowest BCUT2D eigenvalue weighted by Gasteiger charge is -2.26. The fraction of sp³-hybridized carbons (Fsp3) is 0.378. The molecule has 2 fully saturated rings. The molecule has 250 valence electrons. The maximum atomic E-state index is 14.8. The molecule has 0 atom stereocenters. The van der Waals surface area contributed by atoms with Crippen LogP contribution in [-0.4, -0.2) is 77.9 Å². The number of methoxy groups -OCH3 is 1. The number of ether oxygens (including phenoxy) is 2. The summed E-state index contributed by atoms with van der Waals surface area (Å²) in [7, 11) is 1.55. The number of benzene rings is 2. The van der Waals surface area contributed by atoms with Crippen molar-refractivity contribution in [3.05, 3.63) is 70.9 Å². The predicted molar refractivity (Wildman–Crippen MR) is 186 cm³/mol. The number of carbonyl (C=O) groups excluding carboxylic acids is 1.